The third-order valence-electron chi connectivity index (χ3n) is 3.26. The number of carbonyl (C=O) groups excluding carboxylic acids is 1. The first-order valence-corrected chi connectivity index (χ1v) is 8.24. The van der Waals surface area contributed by atoms with Crippen molar-refractivity contribution in [3.8, 4) is 0 Å². The Labute approximate surface area is 130 Å². The first-order chi connectivity index (χ1) is 9.74. The summed E-state index contributed by atoms with van der Waals surface area (Å²) in [5, 5.41) is 11.8. The third-order valence-corrected chi connectivity index (χ3v) is 3.88. The molecule has 1 aromatic rings. The van der Waals surface area contributed by atoms with Gasteiger partial charge in [0, 0.05) is 17.4 Å². The molecule has 0 fully saturated rings. The third kappa shape index (κ3) is 5.79. The van der Waals surface area contributed by atoms with Gasteiger partial charge in [0.25, 0.3) is 5.91 Å². The average Bonchev–Trinajstić information content (AvgIpc) is 2.37. The predicted octanol–water partition coefficient (Wildman–Crippen LogP) is 3.17. The molecule has 4 nitrogen and oxygen atoms in total. The maximum atomic E-state index is 12.2. The number of benzene rings is 1. The van der Waals surface area contributed by atoms with Gasteiger partial charge in [-0.15, -0.1) is 0 Å². The van der Waals surface area contributed by atoms with Crippen LogP contribution < -0.4 is 5.32 Å². The van der Waals surface area contributed by atoms with Crippen molar-refractivity contribution in [3.05, 3.63) is 35.4 Å². The van der Waals surface area contributed by atoms with Crippen LogP contribution in [0.4, 0.5) is 0 Å². The van der Waals surface area contributed by atoms with E-state index in [0.717, 1.165) is 11.3 Å². The van der Waals surface area contributed by atoms with Crippen molar-refractivity contribution >= 4 is 23.6 Å². The van der Waals surface area contributed by atoms with Gasteiger partial charge < -0.3 is 10.4 Å². The number of carboxylic acid groups (broad SMARTS) is 1. The molecule has 0 spiro atoms. The number of aliphatic carboxylic acids is 1. The maximum absolute atomic E-state index is 12.2. The summed E-state index contributed by atoms with van der Waals surface area (Å²) in [4.78, 5) is 23.2. The van der Waals surface area contributed by atoms with Gasteiger partial charge in [0.15, 0.2) is 0 Å². The zero-order valence-corrected chi connectivity index (χ0v) is 13.8. The molecule has 0 aromatic heterocycles. The molecule has 2 N–H and O–H groups in total. The van der Waals surface area contributed by atoms with Gasteiger partial charge in [0.2, 0.25) is 0 Å². The van der Waals surface area contributed by atoms with E-state index in [-0.39, 0.29) is 17.7 Å². The highest BCUT2D eigenvalue weighted by Gasteiger charge is 2.28. The second-order valence-electron chi connectivity index (χ2n) is 6.12. The van der Waals surface area contributed by atoms with Crippen LogP contribution in [0.2, 0.25) is 0 Å². The lowest BCUT2D eigenvalue weighted by Gasteiger charge is -2.30. The van der Waals surface area contributed by atoms with E-state index in [4.69, 9.17) is 5.11 Å². The number of nitrogens with one attached hydrogen (secondary N) is 1. The van der Waals surface area contributed by atoms with E-state index in [1.807, 2.05) is 39.2 Å². The molecule has 1 aromatic carbocycles. The van der Waals surface area contributed by atoms with Gasteiger partial charge in [-0.05, 0) is 29.4 Å². The molecule has 0 aliphatic carbocycles. The molecule has 0 aliphatic heterocycles. The Bertz CT molecular complexity index is 491. The summed E-state index contributed by atoms with van der Waals surface area (Å²) >= 11 is 1.72. The van der Waals surface area contributed by atoms with E-state index in [1.54, 1.807) is 23.9 Å². The summed E-state index contributed by atoms with van der Waals surface area (Å²) in [6.45, 7) is 5.76. The lowest BCUT2D eigenvalue weighted by Crippen LogP contribution is -2.45. The van der Waals surface area contributed by atoms with E-state index in [1.165, 1.54) is 0 Å². The second-order valence-corrected chi connectivity index (χ2v) is 6.99. The molecular formula is C16H23NO3S. The van der Waals surface area contributed by atoms with Crippen LogP contribution >= 0.6 is 11.8 Å². The molecular weight excluding hydrogens is 286 g/mol. The molecule has 1 atom stereocenters. The molecule has 0 radical (unpaired) electrons. The fourth-order valence-electron chi connectivity index (χ4n) is 1.91. The molecule has 116 valence electrons. The zero-order chi connectivity index (χ0) is 16.0. The highest BCUT2D eigenvalue weighted by Crippen LogP contribution is 2.22. The molecule has 0 saturated carbocycles. The molecule has 0 aliphatic rings. The van der Waals surface area contributed by atoms with Gasteiger partial charge in [-0.1, -0.05) is 32.9 Å². The summed E-state index contributed by atoms with van der Waals surface area (Å²) in [5.41, 5.74) is 1.41. The number of hydrogen-bond acceptors (Lipinski definition) is 3. The first kappa shape index (κ1) is 17.6. The number of carbonyl (C=O) groups is 2. The number of thioether (sulfide) groups is 1. The molecule has 1 rings (SSSR count). The summed E-state index contributed by atoms with van der Waals surface area (Å²) in [7, 11) is 0. The summed E-state index contributed by atoms with van der Waals surface area (Å²) in [6, 6.07) is 7.00. The fraction of sp³-hybridized carbons (Fsp3) is 0.500. The Morgan fingerprint density at radius 1 is 1.24 bits per heavy atom. The number of amides is 1. The van der Waals surface area contributed by atoms with Crippen LogP contribution in [0.15, 0.2) is 24.3 Å². The Morgan fingerprint density at radius 3 is 2.24 bits per heavy atom. The van der Waals surface area contributed by atoms with Crippen molar-refractivity contribution in [2.45, 2.75) is 39.0 Å². The lowest BCUT2D eigenvalue weighted by atomic mass is 9.84. The van der Waals surface area contributed by atoms with Gasteiger partial charge in [0.05, 0.1) is 6.42 Å². The van der Waals surface area contributed by atoms with Gasteiger partial charge in [-0.3, -0.25) is 9.59 Å². The average molecular weight is 309 g/mol. The minimum atomic E-state index is -0.912. The second kappa shape index (κ2) is 7.50. The van der Waals surface area contributed by atoms with Crippen molar-refractivity contribution in [1.82, 2.24) is 5.32 Å². The zero-order valence-electron chi connectivity index (χ0n) is 13.0. The molecule has 1 amide bonds. The fourth-order valence-corrected chi connectivity index (χ4v) is 2.43. The normalized spacial score (nSPS) is 12.8. The Balaban J connectivity index is 2.79. The van der Waals surface area contributed by atoms with E-state index in [9.17, 15) is 9.59 Å². The standard InChI is InChI=1S/C16H23NO3S/c1-16(2,3)13(9-14(18)19)17-15(20)12-7-5-11(6-8-12)10-21-4/h5-8,13H,9-10H2,1-4H3,(H,17,20)(H,18,19). The number of rotatable bonds is 6. The molecule has 1 unspecified atom stereocenters. The first-order valence-electron chi connectivity index (χ1n) is 6.84. The molecule has 0 heterocycles. The van der Waals surface area contributed by atoms with E-state index >= 15 is 0 Å². The molecule has 21 heavy (non-hydrogen) atoms. The Hall–Kier alpha value is -1.49. The van der Waals surface area contributed by atoms with Gasteiger partial charge in [0.1, 0.15) is 0 Å². The van der Waals surface area contributed by atoms with Crippen LogP contribution in [0.3, 0.4) is 0 Å². The summed E-state index contributed by atoms with van der Waals surface area (Å²) in [6.07, 6.45) is 1.94. The number of hydrogen-bond donors (Lipinski definition) is 2. The van der Waals surface area contributed by atoms with Crippen molar-refractivity contribution in [2.75, 3.05) is 6.26 Å². The van der Waals surface area contributed by atoms with E-state index in [2.05, 4.69) is 5.32 Å². The largest absolute Gasteiger partial charge is 0.481 e. The number of carboxylic acids is 1. The summed E-state index contributed by atoms with van der Waals surface area (Å²) in [5.74, 6) is -0.233. The van der Waals surface area contributed by atoms with E-state index < -0.39 is 12.0 Å². The molecule has 5 heteroatoms. The van der Waals surface area contributed by atoms with Crippen LogP contribution in [0, 0.1) is 5.41 Å². The van der Waals surface area contributed by atoms with Crippen LogP contribution in [-0.2, 0) is 10.5 Å². The van der Waals surface area contributed by atoms with Crippen LogP contribution in [0.25, 0.3) is 0 Å². The topological polar surface area (TPSA) is 66.4 Å². The van der Waals surface area contributed by atoms with Crippen molar-refractivity contribution in [3.63, 3.8) is 0 Å². The Morgan fingerprint density at radius 2 is 1.81 bits per heavy atom. The van der Waals surface area contributed by atoms with Crippen molar-refractivity contribution in [1.29, 1.82) is 0 Å². The Kier molecular flexibility index (Phi) is 6.27. The van der Waals surface area contributed by atoms with Crippen molar-refractivity contribution in [2.24, 2.45) is 5.41 Å². The van der Waals surface area contributed by atoms with E-state index in [0.29, 0.717) is 5.56 Å². The highest BCUT2D eigenvalue weighted by molar-refractivity contribution is 7.97. The van der Waals surface area contributed by atoms with Crippen LogP contribution in [-0.4, -0.2) is 29.3 Å². The lowest BCUT2D eigenvalue weighted by molar-refractivity contribution is -0.138. The van der Waals surface area contributed by atoms with Gasteiger partial charge >= 0.3 is 5.97 Å². The molecule has 0 bridgehead atoms. The van der Waals surface area contributed by atoms with Crippen LogP contribution in [0.5, 0.6) is 0 Å². The predicted molar refractivity (Wildman–Crippen MR) is 86.6 cm³/mol. The minimum absolute atomic E-state index is 0.0835. The van der Waals surface area contributed by atoms with Crippen molar-refractivity contribution < 1.29 is 14.7 Å². The SMILES string of the molecule is CSCc1ccc(C(=O)NC(CC(=O)O)C(C)(C)C)cc1. The highest BCUT2D eigenvalue weighted by atomic mass is 32.2. The van der Waals surface area contributed by atoms with Gasteiger partial charge in [-0.25, -0.2) is 0 Å². The van der Waals surface area contributed by atoms with Gasteiger partial charge in [-0.2, -0.15) is 11.8 Å². The quantitative estimate of drug-likeness (QED) is 0.847. The smallest absolute Gasteiger partial charge is 0.305 e. The monoisotopic (exact) mass is 309 g/mol. The van der Waals surface area contributed by atoms with Crippen LogP contribution in [0.1, 0.15) is 43.1 Å². The summed E-state index contributed by atoms with van der Waals surface area (Å²) < 4.78 is 0. The maximum Gasteiger partial charge on any atom is 0.305 e. The minimum Gasteiger partial charge on any atom is -0.481 e. The molecule has 0 saturated heterocycles.